The number of hydrogen-bond donors (Lipinski definition) is 1. The van der Waals surface area contributed by atoms with Crippen molar-refractivity contribution in [3.05, 3.63) is 42.0 Å². The van der Waals surface area contributed by atoms with Crippen LogP contribution in [0.4, 0.5) is 5.69 Å². The van der Waals surface area contributed by atoms with Gasteiger partial charge in [0.1, 0.15) is 0 Å². The second kappa shape index (κ2) is 6.63. The second-order valence-corrected chi connectivity index (χ2v) is 8.98. The van der Waals surface area contributed by atoms with E-state index in [0.29, 0.717) is 47.7 Å². The van der Waals surface area contributed by atoms with E-state index in [9.17, 15) is 19.6 Å². The Morgan fingerprint density at radius 1 is 1.16 bits per heavy atom. The van der Waals surface area contributed by atoms with E-state index in [1.54, 1.807) is 12.1 Å². The molecule has 3 saturated heterocycles. The molecule has 5 rings (SSSR count). The number of carboxylic acids is 1. The van der Waals surface area contributed by atoms with Crippen molar-refractivity contribution in [3.63, 3.8) is 0 Å². The topological polar surface area (TPSA) is 108 Å². The van der Waals surface area contributed by atoms with E-state index in [-0.39, 0.29) is 18.2 Å². The van der Waals surface area contributed by atoms with Crippen LogP contribution >= 0.6 is 0 Å². The zero-order valence-electron chi connectivity index (χ0n) is 17.1. The molecule has 2 amide bonds. The van der Waals surface area contributed by atoms with Gasteiger partial charge in [0.15, 0.2) is 0 Å². The number of fused-ring (bicyclic) bond motifs is 6. The van der Waals surface area contributed by atoms with Crippen molar-refractivity contribution in [2.75, 3.05) is 4.90 Å². The van der Waals surface area contributed by atoms with Crippen LogP contribution in [0.3, 0.4) is 0 Å². The number of rotatable bonds is 5. The summed E-state index contributed by atoms with van der Waals surface area (Å²) >= 11 is 0. The molecule has 2 aromatic carbocycles. The van der Waals surface area contributed by atoms with Gasteiger partial charge in [0.25, 0.3) is 0 Å². The molecule has 0 saturated carbocycles. The number of carbonyl (C=O) groups excluding carboxylic acids is 2. The third-order valence-corrected chi connectivity index (χ3v) is 7.26. The summed E-state index contributed by atoms with van der Waals surface area (Å²) in [4.78, 5) is 39.5. The minimum absolute atomic E-state index is 0.00528. The maximum atomic E-state index is 13.7. The van der Waals surface area contributed by atoms with Crippen molar-refractivity contribution < 1.29 is 24.2 Å². The Bertz CT molecular complexity index is 1180. The van der Waals surface area contributed by atoms with Crippen molar-refractivity contribution >= 4 is 34.2 Å². The van der Waals surface area contributed by atoms with Crippen LogP contribution in [0.5, 0.6) is 0 Å². The van der Waals surface area contributed by atoms with Crippen LogP contribution in [0.1, 0.15) is 44.6 Å². The first-order valence-corrected chi connectivity index (χ1v) is 10.5. The molecule has 3 aliphatic rings. The monoisotopic (exact) mass is 418 g/mol. The zero-order valence-corrected chi connectivity index (χ0v) is 17.1. The molecule has 1 N–H and O–H groups in total. The lowest BCUT2D eigenvalue weighted by molar-refractivity contribution is -0.137. The molecule has 158 valence electrons. The van der Waals surface area contributed by atoms with Gasteiger partial charge in [-0.15, -0.1) is 0 Å². The zero-order chi connectivity index (χ0) is 22.0. The molecule has 0 aliphatic carbocycles. The van der Waals surface area contributed by atoms with Crippen molar-refractivity contribution in [1.82, 2.24) is 0 Å². The van der Waals surface area contributed by atoms with Gasteiger partial charge in [0.2, 0.25) is 11.8 Å². The molecule has 7 nitrogen and oxygen atoms in total. The van der Waals surface area contributed by atoms with E-state index in [0.717, 1.165) is 0 Å². The number of aliphatic carboxylic acids is 1. The fourth-order valence-electron chi connectivity index (χ4n) is 5.96. The Balaban J connectivity index is 1.57. The summed E-state index contributed by atoms with van der Waals surface area (Å²) < 4.78 is 6.34. The standard InChI is InChI=1S/C24H22N2O5/c1-23-11-12-24(31-23,10-4-7-18(27)28)20-19(23)21(29)26(22(20)30)17-9-8-14(13-25)15-5-2-3-6-16(15)17/h2-3,5-6,8-9,19-20H,4,7,10-12H2,1H3,(H,27,28)/t19?,20?,23-,24+/m0/s1. The first-order valence-electron chi connectivity index (χ1n) is 10.5. The molecule has 0 spiro atoms. The third kappa shape index (κ3) is 2.64. The van der Waals surface area contributed by atoms with Gasteiger partial charge in [0.05, 0.1) is 40.4 Å². The fraction of sp³-hybridized carbons (Fsp3) is 0.417. The Morgan fingerprint density at radius 3 is 2.58 bits per heavy atom. The van der Waals surface area contributed by atoms with Gasteiger partial charge >= 0.3 is 5.97 Å². The summed E-state index contributed by atoms with van der Waals surface area (Å²) in [6.45, 7) is 1.89. The van der Waals surface area contributed by atoms with Gasteiger partial charge in [-0.25, -0.2) is 4.90 Å². The maximum Gasteiger partial charge on any atom is 0.303 e. The summed E-state index contributed by atoms with van der Waals surface area (Å²) in [5, 5.41) is 19.8. The highest BCUT2D eigenvalue weighted by Crippen LogP contribution is 2.62. The number of anilines is 1. The van der Waals surface area contributed by atoms with E-state index in [2.05, 4.69) is 6.07 Å². The molecule has 0 radical (unpaired) electrons. The highest BCUT2D eigenvalue weighted by atomic mass is 16.5. The summed E-state index contributed by atoms with van der Waals surface area (Å²) in [5.74, 6) is -2.63. The number of nitriles is 1. The lowest BCUT2D eigenvalue weighted by atomic mass is 9.67. The van der Waals surface area contributed by atoms with Crippen molar-refractivity contribution in [2.45, 2.75) is 50.2 Å². The van der Waals surface area contributed by atoms with Crippen LogP contribution in [0.25, 0.3) is 10.8 Å². The number of carbonyl (C=O) groups is 3. The Morgan fingerprint density at radius 2 is 1.87 bits per heavy atom. The number of nitrogens with zero attached hydrogens (tertiary/aromatic N) is 2. The normalized spacial score (nSPS) is 31.3. The van der Waals surface area contributed by atoms with Crippen LogP contribution in [-0.4, -0.2) is 34.1 Å². The van der Waals surface area contributed by atoms with Gasteiger partial charge in [-0.3, -0.25) is 14.4 Å². The third-order valence-electron chi connectivity index (χ3n) is 7.26. The number of carboxylic acid groups (broad SMARTS) is 1. The van der Waals surface area contributed by atoms with E-state index < -0.39 is 29.0 Å². The molecule has 31 heavy (non-hydrogen) atoms. The molecule has 2 unspecified atom stereocenters. The number of imide groups is 1. The van der Waals surface area contributed by atoms with Gasteiger partial charge in [0, 0.05) is 17.2 Å². The molecule has 4 atom stereocenters. The van der Waals surface area contributed by atoms with E-state index in [1.165, 1.54) is 4.90 Å². The summed E-state index contributed by atoms with van der Waals surface area (Å²) in [5.41, 5.74) is -0.543. The van der Waals surface area contributed by atoms with Gasteiger partial charge in [-0.1, -0.05) is 24.3 Å². The molecule has 2 aromatic rings. The minimum Gasteiger partial charge on any atom is -0.481 e. The van der Waals surface area contributed by atoms with Crippen LogP contribution in [0, 0.1) is 23.2 Å². The molecule has 3 fully saturated rings. The molecule has 2 bridgehead atoms. The average molecular weight is 418 g/mol. The van der Waals surface area contributed by atoms with E-state index >= 15 is 0 Å². The summed E-state index contributed by atoms with van der Waals surface area (Å²) in [6, 6.07) is 12.7. The number of amides is 2. The maximum absolute atomic E-state index is 13.7. The van der Waals surface area contributed by atoms with E-state index in [1.807, 2.05) is 31.2 Å². The molecule has 0 aromatic heterocycles. The molecule has 3 aliphatic heterocycles. The SMILES string of the molecule is C[C@@]12CC[C@@](CCCC(=O)O)(O1)C1C(=O)N(c3ccc(C#N)c4ccccc34)C(=O)C12. The summed E-state index contributed by atoms with van der Waals surface area (Å²) in [6.07, 6.45) is 2.16. The lowest BCUT2D eigenvalue weighted by Crippen LogP contribution is -2.42. The predicted molar refractivity (Wildman–Crippen MR) is 111 cm³/mol. The highest BCUT2D eigenvalue weighted by Gasteiger charge is 2.73. The van der Waals surface area contributed by atoms with Gasteiger partial charge in [-0.05, 0) is 44.7 Å². The molecule has 3 heterocycles. The van der Waals surface area contributed by atoms with Crippen molar-refractivity contribution in [3.8, 4) is 6.07 Å². The fourth-order valence-corrected chi connectivity index (χ4v) is 5.96. The smallest absolute Gasteiger partial charge is 0.303 e. The number of benzene rings is 2. The predicted octanol–water partition coefficient (Wildman–Crippen LogP) is 3.39. The highest BCUT2D eigenvalue weighted by molar-refractivity contribution is 6.26. The quantitative estimate of drug-likeness (QED) is 0.746. The summed E-state index contributed by atoms with van der Waals surface area (Å²) in [7, 11) is 0. The first kappa shape index (κ1) is 19.7. The molecule has 7 heteroatoms. The number of hydrogen-bond acceptors (Lipinski definition) is 5. The van der Waals surface area contributed by atoms with Crippen LogP contribution in [0.15, 0.2) is 36.4 Å². The van der Waals surface area contributed by atoms with Crippen LogP contribution < -0.4 is 4.90 Å². The molecular formula is C24H22N2O5. The number of ether oxygens (including phenoxy) is 1. The Labute approximate surface area is 179 Å². The van der Waals surface area contributed by atoms with Crippen molar-refractivity contribution in [1.29, 1.82) is 5.26 Å². The van der Waals surface area contributed by atoms with E-state index in [4.69, 9.17) is 9.84 Å². The largest absolute Gasteiger partial charge is 0.481 e. The van der Waals surface area contributed by atoms with Crippen LogP contribution in [-0.2, 0) is 19.1 Å². The average Bonchev–Trinajstić information content (AvgIpc) is 3.32. The van der Waals surface area contributed by atoms with Crippen LogP contribution in [0.2, 0.25) is 0 Å². The Kier molecular flexibility index (Phi) is 4.21. The first-order chi connectivity index (χ1) is 14.8. The molecular weight excluding hydrogens is 396 g/mol. The second-order valence-electron chi connectivity index (χ2n) is 8.98. The van der Waals surface area contributed by atoms with Gasteiger partial charge in [-0.2, -0.15) is 5.26 Å². The van der Waals surface area contributed by atoms with Gasteiger partial charge < -0.3 is 9.84 Å². The Hall–Kier alpha value is -3.24. The van der Waals surface area contributed by atoms with Crippen molar-refractivity contribution in [2.24, 2.45) is 11.8 Å². The lowest BCUT2D eigenvalue weighted by Gasteiger charge is -2.31. The minimum atomic E-state index is -0.883.